The van der Waals surface area contributed by atoms with E-state index in [9.17, 15) is 4.79 Å². The lowest BCUT2D eigenvalue weighted by Crippen LogP contribution is -2.44. The molecule has 1 fully saturated rings. The zero-order chi connectivity index (χ0) is 12.0. The molecule has 2 amide bonds. The summed E-state index contributed by atoms with van der Waals surface area (Å²) in [4.78, 5) is 11.5. The van der Waals surface area contributed by atoms with Crippen molar-refractivity contribution >= 4 is 6.03 Å². The van der Waals surface area contributed by atoms with Gasteiger partial charge in [0.05, 0.1) is 12.6 Å². The van der Waals surface area contributed by atoms with E-state index in [1.807, 2.05) is 6.92 Å². The van der Waals surface area contributed by atoms with Crippen LogP contribution in [0.2, 0.25) is 0 Å². The maximum absolute atomic E-state index is 11.5. The first kappa shape index (κ1) is 13.3. The molecule has 0 aromatic heterocycles. The molecule has 1 saturated carbocycles. The van der Waals surface area contributed by atoms with E-state index >= 15 is 0 Å². The smallest absolute Gasteiger partial charge is 0.315 e. The molecule has 16 heavy (non-hydrogen) atoms. The van der Waals surface area contributed by atoms with Crippen molar-refractivity contribution in [1.82, 2.24) is 10.6 Å². The molecule has 0 saturated heterocycles. The van der Waals surface area contributed by atoms with Gasteiger partial charge in [-0.15, -0.1) is 0 Å². The minimum Gasteiger partial charge on any atom is -0.383 e. The molecule has 0 heterocycles. The molecule has 94 valence electrons. The molecule has 1 aliphatic carbocycles. The van der Waals surface area contributed by atoms with E-state index in [0.29, 0.717) is 12.0 Å². The molecule has 2 N–H and O–H groups in total. The number of carbonyl (C=O) groups excluding carboxylic acids is 1. The first-order valence-electron chi connectivity index (χ1n) is 6.15. The van der Waals surface area contributed by atoms with Gasteiger partial charge in [0, 0.05) is 13.7 Å². The van der Waals surface area contributed by atoms with Crippen LogP contribution in [0.3, 0.4) is 0 Å². The van der Waals surface area contributed by atoms with Crippen LogP contribution in [0.15, 0.2) is 0 Å². The molecule has 0 unspecified atom stereocenters. The maximum atomic E-state index is 11.5. The Morgan fingerprint density at radius 3 is 2.69 bits per heavy atom. The van der Waals surface area contributed by atoms with Crippen LogP contribution in [0.25, 0.3) is 0 Å². The third-order valence-electron chi connectivity index (χ3n) is 3.16. The quantitative estimate of drug-likeness (QED) is 0.699. The van der Waals surface area contributed by atoms with Crippen LogP contribution in [0.4, 0.5) is 4.79 Å². The van der Waals surface area contributed by atoms with Gasteiger partial charge in [-0.1, -0.05) is 13.3 Å². The van der Waals surface area contributed by atoms with Crippen molar-refractivity contribution in [3.63, 3.8) is 0 Å². The van der Waals surface area contributed by atoms with Gasteiger partial charge in [0.25, 0.3) is 0 Å². The number of nitrogens with one attached hydrogen (secondary N) is 2. The fourth-order valence-electron chi connectivity index (χ4n) is 2.06. The zero-order valence-electron chi connectivity index (χ0n) is 10.6. The third-order valence-corrected chi connectivity index (χ3v) is 3.16. The van der Waals surface area contributed by atoms with E-state index in [4.69, 9.17) is 4.74 Å². The normalized spacial score (nSPS) is 18.9. The second-order valence-corrected chi connectivity index (χ2v) is 4.93. The van der Waals surface area contributed by atoms with Gasteiger partial charge in [0.15, 0.2) is 0 Å². The Morgan fingerprint density at radius 2 is 2.19 bits per heavy atom. The highest BCUT2D eigenvalue weighted by atomic mass is 16.5. The van der Waals surface area contributed by atoms with Crippen molar-refractivity contribution in [1.29, 1.82) is 0 Å². The molecule has 0 spiro atoms. The SMILES string of the molecule is CCCC1(CNC(=O)N[C@@H](C)COC)CC1. The van der Waals surface area contributed by atoms with Gasteiger partial charge >= 0.3 is 6.03 Å². The second kappa shape index (κ2) is 6.09. The zero-order valence-corrected chi connectivity index (χ0v) is 10.6. The molecule has 1 atom stereocenters. The molecule has 0 aromatic carbocycles. The highest BCUT2D eigenvalue weighted by molar-refractivity contribution is 5.74. The Morgan fingerprint density at radius 1 is 1.50 bits per heavy atom. The number of ether oxygens (including phenoxy) is 1. The molecular formula is C12H24N2O2. The Kier molecular flexibility index (Phi) is 5.06. The number of methoxy groups -OCH3 is 1. The van der Waals surface area contributed by atoms with Gasteiger partial charge in [-0.25, -0.2) is 4.79 Å². The van der Waals surface area contributed by atoms with Crippen molar-refractivity contribution in [2.24, 2.45) is 5.41 Å². The summed E-state index contributed by atoms with van der Waals surface area (Å²) in [5.74, 6) is 0. The average Bonchev–Trinajstić information content (AvgIpc) is 2.97. The number of carbonyl (C=O) groups is 1. The van der Waals surface area contributed by atoms with Gasteiger partial charge in [0.1, 0.15) is 0 Å². The lowest BCUT2D eigenvalue weighted by molar-refractivity contribution is 0.170. The van der Waals surface area contributed by atoms with E-state index in [-0.39, 0.29) is 12.1 Å². The van der Waals surface area contributed by atoms with Gasteiger partial charge in [-0.3, -0.25) is 0 Å². The fraction of sp³-hybridized carbons (Fsp3) is 0.917. The standard InChI is InChI=1S/C12H24N2O2/c1-4-5-12(6-7-12)9-13-11(15)14-10(2)8-16-3/h10H,4-9H2,1-3H3,(H2,13,14,15)/t10-/m0/s1. The summed E-state index contributed by atoms with van der Waals surface area (Å²) < 4.78 is 4.96. The van der Waals surface area contributed by atoms with Gasteiger partial charge in [-0.05, 0) is 31.6 Å². The summed E-state index contributed by atoms with van der Waals surface area (Å²) in [5, 5.41) is 5.80. The molecule has 0 bridgehead atoms. The molecule has 1 rings (SSSR count). The van der Waals surface area contributed by atoms with E-state index in [1.165, 1.54) is 25.7 Å². The van der Waals surface area contributed by atoms with E-state index < -0.39 is 0 Å². The number of rotatable bonds is 7. The third kappa shape index (κ3) is 4.39. The van der Waals surface area contributed by atoms with E-state index in [2.05, 4.69) is 17.6 Å². The highest BCUT2D eigenvalue weighted by Gasteiger charge is 2.41. The summed E-state index contributed by atoms with van der Waals surface area (Å²) >= 11 is 0. The molecule has 0 radical (unpaired) electrons. The predicted molar refractivity (Wildman–Crippen MR) is 64.4 cm³/mol. The fourth-order valence-corrected chi connectivity index (χ4v) is 2.06. The van der Waals surface area contributed by atoms with Crippen LogP contribution < -0.4 is 10.6 Å². The van der Waals surface area contributed by atoms with Crippen molar-refractivity contribution in [2.45, 2.75) is 45.6 Å². The van der Waals surface area contributed by atoms with Crippen molar-refractivity contribution < 1.29 is 9.53 Å². The molecule has 4 nitrogen and oxygen atoms in total. The minimum atomic E-state index is -0.0769. The lowest BCUT2D eigenvalue weighted by atomic mass is 10.0. The Hall–Kier alpha value is -0.770. The molecule has 0 aliphatic heterocycles. The number of urea groups is 1. The number of hydrogen-bond acceptors (Lipinski definition) is 2. The Labute approximate surface area is 98.1 Å². The summed E-state index contributed by atoms with van der Waals surface area (Å²) in [7, 11) is 1.64. The van der Waals surface area contributed by atoms with Crippen LogP contribution in [-0.4, -0.2) is 32.3 Å². The Bertz CT molecular complexity index is 227. The summed E-state index contributed by atoms with van der Waals surface area (Å²) in [6.07, 6.45) is 4.94. The number of amides is 2. The van der Waals surface area contributed by atoms with Crippen LogP contribution in [0.5, 0.6) is 0 Å². The summed E-state index contributed by atoms with van der Waals surface area (Å²) in [5.41, 5.74) is 0.413. The van der Waals surface area contributed by atoms with E-state index in [0.717, 1.165) is 6.54 Å². The summed E-state index contributed by atoms with van der Waals surface area (Å²) in [6, 6.07) is -0.0155. The van der Waals surface area contributed by atoms with Crippen molar-refractivity contribution in [3.05, 3.63) is 0 Å². The second-order valence-electron chi connectivity index (χ2n) is 4.93. The van der Waals surface area contributed by atoms with Crippen LogP contribution in [0, 0.1) is 5.41 Å². The molecule has 4 heteroatoms. The minimum absolute atomic E-state index is 0.0614. The maximum Gasteiger partial charge on any atom is 0.315 e. The van der Waals surface area contributed by atoms with Crippen LogP contribution >= 0.6 is 0 Å². The average molecular weight is 228 g/mol. The van der Waals surface area contributed by atoms with Gasteiger partial charge in [-0.2, -0.15) is 0 Å². The van der Waals surface area contributed by atoms with Crippen molar-refractivity contribution in [3.8, 4) is 0 Å². The number of hydrogen-bond donors (Lipinski definition) is 2. The highest BCUT2D eigenvalue weighted by Crippen LogP contribution is 2.48. The first-order valence-corrected chi connectivity index (χ1v) is 6.15. The topological polar surface area (TPSA) is 50.4 Å². The largest absolute Gasteiger partial charge is 0.383 e. The van der Waals surface area contributed by atoms with Crippen LogP contribution in [-0.2, 0) is 4.74 Å². The van der Waals surface area contributed by atoms with Crippen LogP contribution in [0.1, 0.15) is 39.5 Å². The Balaban J connectivity index is 2.15. The molecule has 1 aliphatic rings. The summed E-state index contributed by atoms with van der Waals surface area (Å²) in [6.45, 7) is 5.49. The predicted octanol–water partition coefficient (Wildman–Crippen LogP) is 1.90. The first-order chi connectivity index (χ1) is 7.62. The molecular weight excluding hydrogens is 204 g/mol. The monoisotopic (exact) mass is 228 g/mol. The van der Waals surface area contributed by atoms with Crippen molar-refractivity contribution in [2.75, 3.05) is 20.3 Å². The molecule has 0 aromatic rings. The van der Waals surface area contributed by atoms with Gasteiger partial charge in [0.2, 0.25) is 0 Å². The van der Waals surface area contributed by atoms with E-state index in [1.54, 1.807) is 7.11 Å². The van der Waals surface area contributed by atoms with Gasteiger partial charge < -0.3 is 15.4 Å². The lowest BCUT2D eigenvalue weighted by Gasteiger charge is -2.17.